The predicted molar refractivity (Wildman–Crippen MR) is 141 cm³/mol. The summed E-state index contributed by atoms with van der Waals surface area (Å²) in [7, 11) is 0.0785. The monoisotopic (exact) mass is 527 g/mol. The lowest BCUT2D eigenvalue weighted by atomic mass is 10.1. The van der Waals surface area contributed by atoms with E-state index in [9.17, 15) is 9.18 Å². The topological polar surface area (TPSA) is 91.2 Å². The minimum Gasteiger partial charge on any atom is -0.464 e. The van der Waals surface area contributed by atoms with Crippen molar-refractivity contribution in [2.45, 2.75) is 32.4 Å². The predicted octanol–water partition coefficient (Wildman–Crippen LogP) is 6.13. The Kier molecular flexibility index (Phi) is 7.67. The fourth-order valence-electron chi connectivity index (χ4n) is 3.61. The SMILES string of the molecule is COC(=O)c1cc2c(Nc3cnnc(-c4cc(Cl)ccc4F)c3)ccnc2n1COCC[Si](C)(C)C. The summed E-state index contributed by atoms with van der Waals surface area (Å²) in [5.41, 5.74) is 2.72. The largest absolute Gasteiger partial charge is 0.464 e. The van der Waals surface area contributed by atoms with E-state index in [0.29, 0.717) is 45.4 Å². The van der Waals surface area contributed by atoms with Gasteiger partial charge in [0.2, 0.25) is 0 Å². The van der Waals surface area contributed by atoms with Crippen molar-refractivity contribution >= 4 is 48.1 Å². The molecule has 4 rings (SSSR count). The lowest BCUT2D eigenvalue weighted by Crippen LogP contribution is -2.22. The van der Waals surface area contributed by atoms with Crippen molar-refractivity contribution in [2.75, 3.05) is 19.0 Å². The number of ether oxygens (including phenoxy) is 2. The van der Waals surface area contributed by atoms with Crippen LogP contribution in [-0.4, -0.2) is 47.5 Å². The fourth-order valence-corrected chi connectivity index (χ4v) is 4.54. The van der Waals surface area contributed by atoms with Crippen LogP contribution in [0.15, 0.2) is 48.8 Å². The molecule has 0 fully saturated rings. The van der Waals surface area contributed by atoms with Crippen molar-refractivity contribution in [3.8, 4) is 11.3 Å². The highest BCUT2D eigenvalue weighted by Gasteiger charge is 2.20. The van der Waals surface area contributed by atoms with Gasteiger partial charge in [0.15, 0.2) is 0 Å². The van der Waals surface area contributed by atoms with E-state index in [0.717, 1.165) is 6.04 Å². The minimum atomic E-state index is -1.26. The summed E-state index contributed by atoms with van der Waals surface area (Å²) in [5.74, 6) is -0.942. The maximum Gasteiger partial charge on any atom is 0.354 e. The smallest absolute Gasteiger partial charge is 0.354 e. The van der Waals surface area contributed by atoms with E-state index in [2.05, 4.69) is 40.1 Å². The summed E-state index contributed by atoms with van der Waals surface area (Å²) in [6.07, 6.45) is 3.16. The van der Waals surface area contributed by atoms with Gasteiger partial charge < -0.3 is 14.8 Å². The van der Waals surface area contributed by atoms with Crippen LogP contribution in [0.5, 0.6) is 0 Å². The first-order chi connectivity index (χ1) is 17.2. The highest BCUT2D eigenvalue weighted by atomic mass is 35.5. The maximum atomic E-state index is 14.4. The van der Waals surface area contributed by atoms with Gasteiger partial charge in [0.25, 0.3) is 0 Å². The summed E-state index contributed by atoms with van der Waals surface area (Å²) in [5, 5.41) is 12.4. The second-order valence-corrected chi connectivity index (χ2v) is 15.5. The standard InChI is InChI=1S/C25H27ClFN5O3Si/c1-34-25(33)23-13-19-21(7-8-28-24(19)32(23)15-35-9-10-36(2,3)4)30-17-12-22(31-29-14-17)18-11-16(26)5-6-20(18)27/h5-8,11-14H,9-10,15H2,1-4H3,(H,28,30,31). The van der Waals surface area contributed by atoms with Crippen LogP contribution in [0.2, 0.25) is 30.7 Å². The van der Waals surface area contributed by atoms with Gasteiger partial charge in [-0.05, 0) is 42.4 Å². The molecule has 3 heterocycles. The number of pyridine rings is 1. The van der Waals surface area contributed by atoms with Crippen molar-refractivity contribution in [2.24, 2.45) is 0 Å². The number of aromatic nitrogens is 4. The van der Waals surface area contributed by atoms with E-state index >= 15 is 0 Å². The molecule has 0 bridgehead atoms. The van der Waals surface area contributed by atoms with Crippen LogP contribution in [0.4, 0.5) is 15.8 Å². The lowest BCUT2D eigenvalue weighted by Gasteiger charge is -2.16. The van der Waals surface area contributed by atoms with Gasteiger partial charge in [0.1, 0.15) is 23.9 Å². The van der Waals surface area contributed by atoms with Gasteiger partial charge in [0, 0.05) is 36.8 Å². The molecule has 0 aliphatic heterocycles. The van der Waals surface area contributed by atoms with Crippen LogP contribution < -0.4 is 5.32 Å². The molecular formula is C25H27ClFN5O3Si. The average Bonchev–Trinajstić information content (AvgIpc) is 3.22. The molecule has 0 atom stereocenters. The van der Waals surface area contributed by atoms with Crippen molar-refractivity contribution in [3.63, 3.8) is 0 Å². The van der Waals surface area contributed by atoms with Crippen LogP contribution >= 0.6 is 11.6 Å². The molecule has 36 heavy (non-hydrogen) atoms. The van der Waals surface area contributed by atoms with Crippen LogP contribution in [-0.2, 0) is 16.2 Å². The van der Waals surface area contributed by atoms with E-state index in [-0.39, 0.29) is 12.3 Å². The zero-order valence-electron chi connectivity index (χ0n) is 20.5. The molecule has 0 spiro atoms. The number of anilines is 2. The molecule has 0 amide bonds. The Bertz CT molecular complexity index is 1410. The molecule has 1 N–H and O–H groups in total. The Morgan fingerprint density at radius 3 is 2.75 bits per heavy atom. The molecule has 3 aromatic heterocycles. The summed E-state index contributed by atoms with van der Waals surface area (Å²) in [6.45, 7) is 7.60. The quantitative estimate of drug-likeness (QED) is 0.159. The van der Waals surface area contributed by atoms with Crippen LogP contribution in [0.3, 0.4) is 0 Å². The van der Waals surface area contributed by atoms with Crippen molar-refractivity contribution in [3.05, 3.63) is 65.3 Å². The highest BCUT2D eigenvalue weighted by Crippen LogP contribution is 2.30. The lowest BCUT2D eigenvalue weighted by molar-refractivity contribution is 0.0545. The second kappa shape index (κ2) is 10.7. The molecule has 8 nitrogen and oxygen atoms in total. The van der Waals surface area contributed by atoms with Crippen LogP contribution in [0.1, 0.15) is 10.5 Å². The fraction of sp³-hybridized carbons (Fsp3) is 0.280. The molecule has 0 radical (unpaired) electrons. The average molecular weight is 528 g/mol. The number of hydrogen-bond donors (Lipinski definition) is 1. The first-order valence-electron chi connectivity index (χ1n) is 11.4. The van der Waals surface area contributed by atoms with Crippen molar-refractivity contribution in [1.82, 2.24) is 19.7 Å². The number of fused-ring (bicyclic) bond motifs is 1. The van der Waals surface area contributed by atoms with Gasteiger partial charge in [-0.25, -0.2) is 14.2 Å². The van der Waals surface area contributed by atoms with E-state index in [1.165, 1.54) is 31.5 Å². The van der Waals surface area contributed by atoms with E-state index in [4.69, 9.17) is 21.1 Å². The molecule has 11 heteroatoms. The highest BCUT2D eigenvalue weighted by molar-refractivity contribution is 6.76. The molecular weight excluding hydrogens is 501 g/mol. The first kappa shape index (κ1) is 25.7. The van der Waals surface area contributed by atoms with Gasteiger partial charge in [0.05, 0.1) is 30.4 Å². The summed E-state index contributed by atoms with van der Waals surface area (Å²) < 4.78 is 27.0. The summed E-state index contributed by atoms with van der Waals surface area (Å²) in [6, 6.07) is 10.4. The van der Waals surface area contributed by atoms with Crippen LogP contribution in [0, 0.1) is 5.82 Å². The molecule has 1 aromatic carbocycles. The Balaban J connectivity index is 1.66. The third-order valence-corrected chi connectivity index (χ3v) is 7.49. The van der Waals surface area contributed by atoms with Gasteiger partial charge in [-0.1, -0.05) is 31.2 Å². The molecule has 0 aliphatic carbocycles. The number of nitrogens with one attached hydrogen (secondary N) is 1. The molecule has 188 valence electrons. The normalized spacial score (nSPS) is 11.6. The number of nitrogens with zero attached hydrogens (tertiary/aromatic N) is 4. The number of halogens is 2. The first-order valence-corrected chi connectivity index (χ1v) is 15.4. The Labute approximate surface area is 214 Å². The molecule has 0 saturated carbocycles. The number of carbonyl (C=O) groups excluding carboxylic acids is 1. The van der Waals surface area contributed by atoms with Crippen molar-refractivity contribution < 1.29 is 18.7 Å². The van der Waals surface area contributed by atoms with Gasteiger partial charge in [-0.2, -0.15) is 10.2 Å². The Hall–Kier alpha value is -3.34. The van der Waals surface area contributed by atoms with Gasteiger partial charge in [-0.3, -0.25) is 4.57 Å². The number of carbonyl (C=O) groups is 1. The number of benzene rings is 1. The molecule has 4 aromatic rings. The molecule has 0 aliphatic rings. The summed E-state index contributed by atoms with van der Waals surface area (Å²) in [4.78, 5) is 17.0. The van der Waals surface area contributed by atoms with E-state index < -0.39 is 19.9 Å². The third kappa shape index (κ3) is 5.89. The molecule has 0 unspecified atom stereocenters. The van der Waals surface area contributed by atoms with Gasteiger partial charge in [-0.15, -0.1) is 0 Å². The van der Waals surface area contributed by atoms with Crippen molar-refractivity contribution in [1.29, 1.82) is 0 Å². The second-order valence-electron chi connectivity index (χ2n) is 9.47. The van der Waals surface area contributed by atoms with E-state index in [1.54, 1.807) is 29.0 Å². The zero-order chi connectivity index (χ0) is 25.9. The number of esters is 1. The number of hydrogen-bond acceptors (Lipinski definition) is 7. The molecule has 0 saturated heterocycles. The summed E-state index contributed by atoms with van der Waals surface area (Å²) >= 11 is 6.04. The minimum absolute atomic E-state index is 0.171. The Morgan fingerprint density at radius 1 is 1.19 bits per heavy atom. The third-order valence-electron chi connectivity index (χ3n) is 5.55. The Morgan fingerprint density at radius 2 is 2.00 bits per heavy atom. The van der Waals surface area contributed by atoms with Crippen LogP contribution in [0.25, 0.3) is 22.3 Å². The number of methoxy groups -OCH3 is 1. The zero-order valence-corrected chi connectivity index (χ0v) is 22.3. The van der Waals surface area contributed by atoms with E-state index in [1.807, 2.05) is 0 Å². The maximum absolute atomic E-state index is 14.4. The number of rotatable bonds is 9. The van der Waals surface area contributed by atoms with Gasteiger partial charge >= 0.3 is 5.97 Å².